The highest BCUT2D eigenvalue weighted by Crippen LogP contribution is 2.25. The summed E-state index contributed by atoms with van der Waals surface area (Å²) in [6.07, 6.45) is -2.61. The SMILES string of the molecule is O=C(NC(Cc1ccc(Cl)c(Cl)c1)C(O)C(O)C(=O)NC1CCN(Cc2ccccc2)C1)c1ccc(Oc2ccccc2)cc1. The van der Waals surface area contributed by atoms with E-state index in [1.54, 1.807) is 42.5 Å². The lowest BCUT2D eigenvalue weighted by Gasteiger charge is -2.28. The molecule has 5 rings (SSSR count). The lowest BCUT2D eigenvalue weighted by Crippen LogP contribution is -2.55. The number of nitrogens with one attached hydrogen (secondary N) is 2. The van der Waals surface area contributed by atoms with Crippen molar-refractivity contribution in [2.24, 2.45) is 0 Å². The second kappa shape index (κ2) is 15.4. The molecule has 0 aromatic heterocycles. The summed E-state index contributed by atoms with van der Waals surface area (Å²) in [4.78, 5) is 28.6. The Morgan fingerprint density at radius 2 is 1.51 bits per heavy atom. The molecule has 0 spiro atoms. The van der Waals surface area contributed by atoms with Gasteiger partial charge in [0.2, 0.25) is 0 Å². The van der Waals surface area contributed by atoms with Gasteiger partial charge in [-0.2, -0.15) is 0 Å². The number of aliphatic hydroxyl groups is 2. The van der Waals surface area contributed by atoms with Crippen molar-refractivity contribution in [2.45, 2.75) is 43.7 Å². The van der Waals surface area contributed by atoms with Crippen LogP contribution in [0.25, 0.3) is 0 Å². The molecule has 4 aromatic rings. The van der Waals surface area contributed by atoms with Crippen LogP contribution in [-0.4, -0.2) is 64.3 Å². The Balaban J connectivity index is 1.24. The van der Waals surface area contributed by atoms with Gasteiger partial charge in [-0.3, -0.25) is 14.5 Å². The van der Waals surface area contributed by atoms with Crippen LogP contribution in [0.2, 0.25) is 10.0 Å². The number of rotatable bonds is 12. The summed E-state index contributed by atoms with van der Waals surface area (Å²) >= 11 is 12.3. The Morgan fingerprint density at radius 1 is 0.844 bits per heavy atom. The number of amides is 2. The van der Waals surface area contributed by atoms with Gasteiger partial charge in [0.05, 0.1) is 16.1 Å². The fourth-order valence-corrected chi connectivity index (χ4v) is 5.65. The molecule has 45 heavy (non-hydrogen) atoms. The van der Waals surface area contributed by atoms with Gasteiger partial charge in [0.25, 0.3) is 11.8 Å². The van der Waals surface area contributed by atoms with E-state index in [4.69, 9.17) is 27.9 Å². The van der Waals surface area contributed by atoms with Gasteiger partial charge >= 0.3 is 0 Å². The Bertz CT molecular complexity index is 1570. The lowest BCUT2D eigenvalue weighted by molar-refractivity contribution is -0.137. The predicted octanol–water partition coefficient (Wildman–Crippen LogP) is 5.24. The zero-order valence-corrected chi connectivity index (χ0v) is 26.0. The van der Waals surface area contributed by atoms with E-state index in [2.05, 4.69) is 27.7 Å². The summed E-state index contributed by atoms with van der Waals surface area (Å²) in [5.41, 5.74) is 2.14. The number of hydrogen-bond acceptors (Lipinski definition) is 6. The van der Waals surface area contributed by atoms with Crippen molar-refractivity contribution < 1.29 is 24.5 Å². The minimum absolute atomic E-state index is 0.0810. The Labute approximate surface area is 272 Å². The summed E-state index contributed by atoms with van der Waals surface area (Å²) in [6, 6.07) is 29.6. The molecule has 1 fully saturated rings. The second-order valence-electron chi connectivity index (χ2n) is 11.1. The molecule has 0 bridgehead atoms. The van der Waals surface area contributed by atoms with Crippen molar-refractivity contribution in [3.63, 3.8) is 0 Å². The molecule has 1 heterocycles. The first-order valence-corrected chi connectivity index (χ1v) is 15.5. The number of aliphatic hydroxyl groups excluding tert-OH is 2. The number of likely N-dealkylation sites (tertiary alicyclic amines) is 1. The van der Waals surface area contributed by atoms with Crippen molar-refractivity contribution in [3.8, 4) is 11.5 Å². The van der Waals surface area contributed by atoms with Crippen molar-refractivity contribution in [3.05, 3.63) is 130 Å². The highest BCUT2D eigenvalue weighted by atomic mass is 35.5. The monoisotopic (exact) mass is 647 g/mol. The quantitative estimate of drug-likeness (QED) is 0.167. The Hall–Kier alpha value is -3.92. The number of benzene rings is 4. The van der Waals surface area contributed by atoms with Crippen LogP contribution >= 0.6 is 23.2 Å². The van der Waals surface area contributed by atoms with Gasteiger partial charge in [0.1, 0.15) is 17.6 Å². The van der Waals surface area contributed by atoms with Gasteiger partial charge in [0, 0.05) is 31.2 Å². The van der Waals surface area contributed by atoms with Gasteiger partial charge in [0.15, 0.2) is 6.10 Å². The number of carbonyl (C=O) groups is 2. The van der Waals surface area contributed by atoms with Gasteiger partial charge in [-0.25, -0.2) is 0 Å². The molecule has 4 N–H and O–H groups in total. The first kappa shape index (κ1) is 32.5. The normalized spacial score (nSPS) is 16.8. The lowest BCUT2D eigenvalue weighted by atomic mass is 9.96. The second-order valence-corrected chi connectivity index (χ2v) is 11.9. The van der Waals surface area contributed by atoms with Crippen molar-refractivity contribution in [1.82, 2.24) is 15.5 Å². The van der Waals surface area contributed by atoms with E-state index in [9.17, 15) is 19.8 Å². The average Bonchev–Trinajstić information content (AvgIpc) is 3.49. The van der Waals surface area contributed by atoms with Gasteiger partial charge in [-0.15, -0.1) is 0 Å². The van der Waals surface area contributed by atoms with E-state index >= 15 is 0 Å². The van der Waals surface area contributed by atoms with Crippen molar-refractivity contribution >= 4 is 35.0 Å². The standard InChI is InChI=1S/C35H35Cl2N3O5/c36-29-16-11-24(19-30(29)37)20-31(39-34(43)25-12-14-28(15-13-25)45-27-9-5-2-6-10-27)32(41)33(42)35(44)38-26-17-18-40(22-26)21-23-7-3-1-4-8-23/h1-16,19,26,31-33,41-42H,17-18,20-22H2,(H,38,44)(H,39,43). The molecule has 0 radical (unpaired) electrons. The molecule has 4 unspecified atom stereocenters. The molecule has 0 aliphatic carbocycles. The van der Waals surface area contributed by atoms with E-state index in [1.807, 2.05) is 48.5 Å². The zero-order chi connectivity index (χ0) is 31.8. The third-order valence-corrected chi connectivity index (χ3v) is 8.46. The number of nitrogens with zero attached hydrogens (tertiary/aromatic N) is 1. The topological polar surface area (TPSA) is 111 Å². The van der Waals surface area contributed by atoms with Gasteiger partial charge in [-0.05, 0) is 72.5 Å². The van der Waals surface area contributed by atoms with Crippen LogP contribution < -0.4 is 15.4 Å². The maximum atomic E-state index is 13.3. The maximum Gasteiger partial charge on any atom is 0.251 e. The summed E-state index contributed by atoms with van der Waals surface area (Å²) in [5, 5.41) is 28.5. The molecule has 4 aromatic carbocycles. The number of carbonyl (C=O) groups excluding carboxylic acids is 2. The van der Waals surface area contributed by atoms with Gasteiger partial charge < -0.3 is 25.6 Å². The average molecular weight is 649 g/mol. The van der Waals surface area contributed by atoms with E-state index in [0.717, 1.165) is 19.5 Å². The molecule has 234 valence electrons. The highest BCUT2D eigenvalue weighted by Gasteiger charge is 2.35. The molecular formula is C35H35Cl2N3O5. The molecule has 1 saturated heterocycles. The maximum absolute atomic E-state index is 13.3. The predicted molar refractivity (Wildman–Crippen MR) is 175 cm³/mol. The molecule has 1 aliphatic rings. The minimum Gasteiger partial charge on any atom is -0.457 e. The first-order valence-electron chi connectivity index (χ1n) is 14.8. The van der Waals surface area contributed by atoms with Crippen LogP contribution in [0.1, 0.15) is 27.9 Å². The highest BCUT2D eigenvalue weighted by molar-refractivity contribution is 6.42. The molecule has 2 amide bonds. The van der Waals surface area contributed by atoms with E-state index in [1.165, 1.54) is 5.56 Å². The number of hydrogen-bond donors (Lipinski definition) is 4. The fraction of sp³-hybridized carbons (Fsp3) is 0.257. The summed E-state index contributed by atoms with van der Waals surface area (Å²) in [7, 11) is 0. The van der Waals surface area contributed by atoms with Crippen LogP contribution in [0.4, 0.5) is 0 Å². The third kappa shape index (κ3) is 9.06. The van der Waals surface area contributed by atoms with Crippen LogP contribution in [0.3, 0.4) is 0 Å². The van der Waals surface area contributed by atoms with E-state index in [0.29, 0.717) is 39.2 Å². The summed E-state index contributed by atoms with van der Waals surface area (Å²) in [5.74, 6) is 0.00922. The molecule has 8 nitrogen and oxygen atoms in total. The fourth-order valence-electron chi connectivity index (χ4n) is 5.33. The number of halogens is 2. The van der Waals surface area contributed by atoms with E-state index < -0.39 is 30.1 Å². The molecular weight excluding hydrogens is 613 g/mol. The molecule has 10 heteroatoms. The summed E-state index contributed by atoms with van der Waals surface area (Å²) < 4.78 is 5.81. The van der Waals surface area contributed by atoms with Crippen LogP contribution in [-0.2, 0) is 17.8 Å². The largest absolute Gasteiger partial charge is 0.457 e. The van der Waals surface area contributed by atoms with Crippen LogP contribution in [0, 0.1) is 0 Å². The summed E-state index contributed by atoms with van der Waals surface area (Å²) in [6.45, 7) is 2.18. The van der Waals surface area contributed by atoms with Crippen molar-refractivity contribution in [1.29, 1.82) is 0 Å². The van der Waals surface area contributed by atoms with E-state index in [-0.39, 0.29) is 12.5 Å². The minimum atomic E-state index is -1.79. The Morgan fingerprint density at radius 3 is 2.20 bits per heavy atom. The zero-order valence-electron chi connectivity index (χ0n) is 24.5. The molecule has 4 atom stereocenters. The molecule has 0 saturated carbocycles. The first-order chi connectivity index (χ1) is 21.7. The number of para-hydroxylation sites is 1. The van der Waals surface area contributed by atoms with Crippen LogP contribution in [0.15, 0.2) is 103 Å². The smallest absolute Gasteiger partial charge is 0.251 e. The molecule has 1 aliphatic heterocycles. The van der Waals surface area contributed by atoms with Crippen LogP contribution in [0.5, 0.6) is 11.5 Å². The third-order valence-electron chi connectivity index (χ3n) is 7.72. The Kier molecular flexibility index (Phi) is 11.1. The van der Waals surface area contributed by atoms with Crippen molar-refractivity contribution in [2.75, 3.05) is 13.1 Å². The van der Waals surface area contributed by atoms with Gasteiger partial charge in [-0.1, -0.05) is 77.8 Å². The number of ether oxygens (including phenoxy) is 1.